The Hall–Kier alpha value is -2.22. The molecule has 5 unspecified atom stereocenters. The number of aromatic hydroxyl groups is 1. The summed E-state index contributed by atoms with van der Waals surface area (Å²) < 4.78 is 15.9. The fourth-order valence-corrected chi connectivity index (χ4v) is 7.29. The first kappa shape index (κ1) is 24.1. The first-order valence-corrected chi connectivity index (χ1v) is 14.1. The predicted octanol–water partition coefficient (Wildman–Crippen LogP) is 5.15. The Bertz CT molecular complexity index is 1090. The molecule has 2 aromatic rings. The summed E-state index contributed by atoms with van der Waals surface area (Å²) in [7, 11) is 0. The number of halogens is 1. The lowest BCUT2D eigenvalue weighted by atomic mass is 9.71. The molecule has 1 aromatic carbocycles. The van der Waals surface area contributed by atoms with Crippen molar-refractivity contribution in [1.82, 2.24) is 25.7 Å². The van der Waals surface area contributed by atoms with Crippen molar-refractivity contribution < 1.29 is 9.50 Å². The summed E-state index contributed by atoms with van der Waals surface area (Å²) in [6.07, 6.45) is 13.7. The Balaban J connectivity index is 1.14. The number of aromatic amines is 1. The van der Waals surface area contributed by atoms with Gasteiger partial charge in [0.15, 0.2) is 0 Å². The molecule has 4 N–H and O–H groups in total. The summed E-state index contributed by atoms with van der Waals surface area (Å²) in [6.45, 7) is 4.22. The summed E-state index contributed by atoms with van der Waals surface area (Å²) in [5.41, 5.74) is 11.2. The molecule has 3 heterocycles. The number of rotatable bonds is 5. The number of phenols is 1. The van der Waals surface area contributed by atoms with Crippen LogP contribution in [0.25, 0.3) is 5.57 Å². The van der Waals surface area contributed by atoms with Crippen LogP contribution in [0, 0.1) is 5.92 Å². The van der Waals surface area contributed by atoms with Crippen LogP contribution in [0.5, 0.6) is 5.75 Å². The number of hydrogen-bond acceptors (Lipinski definition) is 5. The Morgan fingerprint density at radius 1 is 1.11 bits per heavy atom. The number of hydrogen-bond donors (Lipinski definition) is 4. The minimum absolute atomic E-state index is 0.0212. The van der Waals surface area contributed by atoms with Gasteiger partial charge in [-0.1, -0.05) is 38.3 Å². The first-order chi connectivity index (χ1) is 17.6. The average Bonchev–Trinajstić information content (AvgIpc) is 3.58. The van der Waals surface area contributed by atoms with Crippen molar-refractivity contribution >= 4 is 5.57 Å². The van der Waals surface area contributed by atoms with Gasteiger partial charge in [-0.2, -0.15) is 0 Å². The number of aromatic nitrogens is 2. The summed E-state index contributed by atoms with van der Waals surface area (Å²) in [4.78, 5) is 11.0. The number of hydrazine groups is 1. The molecule has 7 heteroatoms. The molecular formula is C29H40FN5O. The van der Waals surface area contributed by atoms with Gasteiger partial charge in [0.05, 0.1) is 24.0 Å². The molecule has 0 amide bonds. The number of H-pyrrole nitrogens is 1. The van der Waals surface area contributed by atoms with Gasteiger partial charge in [0.1, 0.15) is 17.7 Å². The van der Waals surface area contributed by atoms with E-state index in [4.69, 9.17) is 4.98 Å². The fraction of sp³-hybridized carbons (Fsp3) is 0.621. The number of imidazole rings is 1. The minimum Gasteiger partial charge on any atom is -0.508 e. The molecule has 1 saturated heterocycles. The SMILES string of the molecule is CCc1cc(O)ccc1C1CCC2C(c3ncc(C4=CCCN(C5CCCCC5)C4)[nH]3)NNC2C1F. The lowest BCUT2D eigenvalue weighted by Crippen LogP contribution is -2.45. The van der Waals surface area contributed by atoms with E-state index in [0.29, 0.717) is 0 Å². The van der Waals surface area contributed by atoms with Gasteiger partial charge >= 0.3 is 0 Å². The van der Waals surface area contributed by atoms with Crippen LogP contribution in [0.2, 0.25) is 0 Å². The van der Waals surface area contributed by atoms with E-state index in [1.807, 2.05) is 12.3 Å². The van der Waals surface area contributed by atoms with Crippen molar-refractivity contribution in [3.05, 3.63) is 53.1 Å². The summed E-state index contributed by atoms with van der Waals surface area (Å²) in [6, 6.07) is 5.85. The van der Waals surface area contributed by atoms with Crippen LogP contribution in [0.3, 0.4) is 0 Å². The molecule has 0 radical (unpaired) electrons. The molecule has 2 saturated carbocycles. The number of nitrogens with one attached hydrogen (secondary N) is 3. The molecule has 2 aliphatic carbocycles. The van der Waals surface area contributed by atoms with Crippen molar-refractivity contribution in [2.75, 3.05) is 13.1 Å². The molecule has 0 spiro atoms. The van der Waals surface area contributed by atoms with Crippen LogP contribution in [0.15, 0.2) is 30.5 Å². The van der Waals surface area contributed by atoms with Crippen LogP contribution in [-0.2, 0) is 6.42 Å². The highest BCUT2D eigenvalue weighted by atomic mass is 19.1. The molecule has 1 aromatic heterocycles. The quantitative estimate of drug-likeness (QED) is 0.464. The van der Waals surface area contributed by atoms with Crippen molar-refractivity contribution in [2.45, 2.75) is 94.9 Å². The summed E-state index contributed by atoms with van der Waals surface area (Å²) in [5.74, 6) is 1.16. The zero-order chi connectivity index (χ0) is 24.6. The molecule has 3 fully saturated rings. The normalized spacial score (nSPS) is 31.8. The van der Waals surface area contributed by atoms with Crippen LogP contribution < -0.4 is 10.9 Å². The lowest BCUT2D eigenvalue weighted by Gasteiger charge is -2.37. The van der Waals surface area contributed by atoms with Gasteiger partial charge in [0, 0.05) is 31.0 Å². The van der Waals surface area contributed by atoms with E-state index in [1.54, 1.807) is 12.1 Å². The summed E-state index contributed by atoms with van der Waals surface area (Å²) >= 11 is 0. The Kier molecular flexibility index (Phi) is 6.88. The van der Waals surface area contributed by atoms with Gasteiger partial charge in [-0.3, -0.25) is 10.3 Å². The molecule has 194 valence electrons. The topological polar surface area (TPSA) is 76.2 Å². The van der Waals surface area contributed by atoms with Crippen LogP contribution in [0.4, 0.5) is 4.39 Å². The van der Waals surface area contributed by atoms with Crippen molar-refractivity contribution in [3.63, 3.8) is 0 Å². The number of aryl methyl sites for hydroxylation is 1. The molecule has 0 bridgehead atoms. The number of phenolic OH excluding ortho intramolecular Hbond substituents is 1. The van der Waals surface area contributed by atoms with Crippen LogP contribution in [0.1, 0.15) is 92.9 Å². The smallest absolute Gasteiger partial charge is 0.125 e. The summed E-state index contributed by atoms with van der Waals surface area (Å²) in [5, 5.41) is 9.89. The number of alkyl halides is 1. The van der Waals surface area contributed by atoms with Gasteiger partial charge in [0.25, 0.3) is 0 Å². The van der Waals surface area contributed by atoms with E-state index >= 15 is 4.39 Å². The number of nitrogens with zero attached hydrogens (tertiary/aromatic N) is 2. The molecule has 6 rings (SSSR count). The average molecular weight is 494 g/mol. The van der Waals surface area contributed by atoms with Gasteiger partial charge in [-0.25, -0.2) is 14.8 Å². The standard InChI is InChI=1S/C29H40FN5O/c1-2-18-15-21(36)10-11-22(18)23-12-13-24-27(26(23)30)33-34-28(24)29-31-16-25(32-29)19-7-6-14-35(17-19)20-8-4-3-5-9-20/h7,10-11,15-16,20,23-24,26-28,33-34,36H,2-6,8-9,12-14,17H2,1H3,(H,31,32). The highest BCUT2D eigenvalue weighted by Crippen LogP contribution is 2.45. The van der Waals surface area contributed by atoms with Crippen LogP contribution in [-0.4, -0.2) is 51.3 Å². The second kappa shape index (κ2) is 10.3. The van der Waals surface area contributed by atoms with E-state index in [-0.39, 0.29) is 29.7 Å². The molecule has 4 aliphatic rings. The first-order valence-electron chi connectivity index (χ1n) is 14.1. The van der Waals surface area contributed by atoms with Crippen LogP contribution >= 0.6 is 0 Å². The number of benzene rings is 1. The van der Waals surface area contributed by atoms with E-state index in [0.717, 1.165) is 67.5 Å². The lowest BCUT2D eigenvalue weighted by molar-refractivity contribution is 0.135. The highest BCUT2D eigenvalue weighted by Gasteiger charge is 2.48. The molecular weight excluding hydrogens is 453 g/mol. The number of fused-ring (bicyclic) bond motifs is 1. The molecule has 5 atom stereocenters. The minimum atomic E-state index is -0.990. The van der Waals surface area contributed by atoms with E-state index in [1.165, 1.54) is 37.7 Å². The maximum absolute atomic E-state index is 15.9. The zero-order valence-corrected chi connectivity index (χ0v) is 21.3. The highest BCUT2D eigenvalue weighted by molar-refractivity contribution is 5.64. The van der Waals surface area contributed by atoms with E-state index in [2.05, 4.69) is 33.7 Å². The van der Waals surface area contributed by atoms with Crippen molar-refractivity contribution in [1.29, 1.82) is 0 Å². The molecule has 6 nitrogen and oxygen atoms in total. The van der Waals surface area contributed by atoms with Gasteiger partial charge < -0.3 is 10.1 Å². The predicted molar refractivity (Wildman–Crippen MR) is 140 cm³/mol. The van der Waals surface area contributed by atoms with E-state index < -0.39 is 6.17 Å². The second-order valence-electron chi connectivity index (χ2n) is 11.3. The zero-order valence-electron chi connectivity index (χ0n) is 21.3. The largest absolute Gasteiger partial charge is 0.508 e. The van der Waals surface area contributed by atoms with Gasteiger partial charge in [-0.15, -0.1) is 0 Å². The fourth-order valence-electron chi connectivity index (χ4n) is 7.29. The maximum Gasteiger partial charge on any atom is 0.125 e. The molecule has 36 heavy (non-hydrogen) atoms. The maximum atomic E-state index is 15.9. The van der Waals surface area contributed by atoms with Gasteiger partial charge in [0.2, 0.25) is 0 Å². The Morgan fingerprint density at radius 2 is 1.97 bits per heavy atom. The van der Waals surface area contributed by atoms with E-state index in [9.17, 15) is 5.11 Å². The third-order valence-electron chi connectivity index (χ3n) is 9.25. The Labute approximate surface area is 213 Å². The van der Waals surface area contributed by atoms with Crippen molar-refractivity contribution in [2.24, 2.45) is 5.92 Å². The molecule has 2 aliphatic heterocycles. The second-order valence-corrected chi connectivity index (χ2v) is 11.3. The Morgan fingerprint density at radius 3 is 2.81 bits per heavy atom. The van der Waals surface area contributed by atoms with Gasteiger partial charge in [-0.05, 0) is 67.4 Å². The third-order valence-corrected chi connectivity index (χ3v) is 9.25. The monoisotopic (exact) mass is 493 g/mol. The third kappa shape index (κ3) is 4.50. The van der Waals surface area contributed by atoms with Crippen molar-refractivity contribution in [3.8, 4) is 5.75 Å².